The number of aryl methyl sites for hydroxylation is 1. The molecule has 2 rings (SSSR count). The molecule has 100 valence electrons. The highest BCUT2D eigenvalue weighted by Gasteiger charge is 2.11. The van der Waals surface area contributed by atoms with Crippen LogP contribution in [0.15, 0.2) is 36.4 Å². The zero-order valence-electron chi connectivity index (χ0n) is 11.5. The summed E-state index contributed by atoms with van der Waals surface area (Å²) in [5.74, 6) is 0.428. The molecule has 0 aromatic heterocycles. The lowest BCUT2D eigenvalue weighted by molar-refractivity contribution is 0.415. The summed E-state index contributed by atoms with van der Waals surface area (Å²) < 4.78 is 18.9. The van der Waals surface area contributed by atoms with Gasteiger partial charge in [-0.2, -0.15) is 0 Å². The van der Waals surface area contributed by atoms with Crippen molar-refractivity contribution in [3.8, 4) is 16.9 Å². The van der Waals surface area contributed by atoms with Crippen LogP contribution < -0.4 is 10.1 Å². The van der Waals surface area contributed by atoms with E-state index in [0.717, 1.165) is 28.8 Å². The van der Waals surface area contributed by atoms with E-state index in [4.69, 9.17) is 4.74 Å². The smallest absolute Gasteiger partial charge is 0.126 e. The summed E-state index contributed by atoms with van der Waals surface area (Å²) in [5.41, 5.74) is 4.06. The second-order valence-electron chi connectivity index (χ2n) is 4.54. The molecule has 3 heteroatoms. The van der Waals surface area contributed by atoms with E-state index in [9.17, 15) is 4.39 Å². The first-order valence-electron chi connectivity index (χ1n) is 6.23. The first kappa shape index (κ1) is 13.6. The number of nitrogens with one attached hydrogen (secondary N) is 1. The van der Waals surface area contributed by atoms with Gasteiger partial charge in [-0.1, -0.05) is 23.8 Å². The molecule has 0 aliphatic heterocycles. The van der Waals surface area contributed by atoms with Gasteiger partial charge in [0.05, 0.1) is 7.11 Å². The van der Waals surface area contributed by atoms with Gasteiger partial charge in [0.25, 0.3) is 0 Å². The number of ether oxygens (including phenoxy) is 1. The van der Waals surface area contributed by atoms with Gasteiger partial charge in [-0.15, -0.1) is 0 Å². The van der Waals surface area contributed by atoms with E-state index in [0.29, 0.717) is 5.75 Å². The molecular weight excluding hydrogens is 241 g/mol. The van der Waals surface area contributed by atoms with Crippen LogP contribution in [-0.4, -0.2) is 14.2 Å². The standard InChI is InChI=1S/C16H18FNO/c1-11-4-5-12(10-18-2)14(8-11)15-9-13(17)6-7-16(15)19-3/h4-9,18H,10H2,1-3H3. The van der Waals surface area contributed by atoms with Crippen molar-refractivity contribution in [3.05, 3.63) is 53.3 Å². The van der Waals surface area contributed by atoms with Gasteiger partial charge >= 0.3 is 0 Å². The summed E-state index contributed by atoms with van der Waals surface area (Å²) in [6, 6.07) is 10.8. The van der Waals surface area contributed by atoms with Crippen molar-refractivity contribution >= 4 is 0 Å². The fourth-order valence-corrected chi connectivity index (χ4v) is 2.18. The Labute approximate surface area is 113 Å². The lowest BCUT2D eigenvalue weighted by atomic mass is 9.96. The Kier molecular flexibility index (Phi) is 4.17. The molecule has 0 amide bonds. The van der Waals surface area contributed by atoms with Gasteiger partial charge in [0.1, 0.15) is 11.6 Å². The Morgan fingerprint density at radius 1 is 1.11 bits per heavy atom. The van der Waals surface area contributed by atoms with E-state index in [2.05, 4.69) is 23.5 Å². The molecule has 0 heterocycles. The molecule has 0 saturated carbocycles. The zero-order chi connectivity index (χ0) is 13.8. The van der Waals surface area contributed by atoms with Crippen molar-refractivity contribution in [2.24, 2.45) is 0 Å². The minimum absolute atomic E-state index is 0.257. The van der Waals surface area contributed by atoms with Gasteiger partial charge in [0.15, 0.2) is 0 Å². The van der Waals surface area contributed by atoms with Crippen molar-refractivity contribution in [2.45, 2.75) is 13.5 Å². The Morgan fingerprint density at radius 2 is 1.89 bits per heavy atom. The second kappa shape index (κ2) is 5.85. The Hall–Kier alpha value is -1.87. The molecule has 2 aromatic rings. The monoisotopic (exact) mass is 259 g/mol. The number of hydrogen-bond donors (Lipinski definition) is 1. The Balaban J connectivity index is 2.62. The largest absolute Gasteiger partial charge is 0.496 e. The van der Waals surface area contributed by atoms with Crippen molar-refractivity contribution in [2.75, 3.05) is 14.2 Å². The van der Waals surface area contributed by atoms with Gasteiger partial charge in [-0.3, -0.25) is 0 Å². The van der Waals surface area contributed by atoms with Gasteiger partial charge in [-0.05, 0) is 43.3 Å². The van der Waals surface area contributed by atoms with Crippen LogP contribution in [0, 0.1) is 12.7 Å². The molecule has 0 saturated heterocycles. The molecule has 0 unspecified atom stereocenters. The lowest BCUT2D eigenvalue weighted by Crippen LogP contribution is -2.07. The number of hydrogen-bond acceptors (Lipinski definition) is 2. The fourth-order valence-electron chi connectivity index (χ4n) is 2.18. The normalized spacial score (nSPS) is 10.5. The minimum Gasteiger partial charge on any atom is -0.496 e. The molecule has 2 aromatic carbocycles. The van der Waals surface area contributed by atoms with Gasteiger partial charge in [0.2, 0.25) is 0 Å². The number of rotatable bonds is 4. The van der Waals surface area contributed by atoms with Crippen LogP contribution in [0.1, 0.15) is 11.1 Å². The van der Waals surface area contributed by atoms with Crippen molar-refractivity contribution in [1.29, 1.82) is 0 Å². The van der Waals surface area contributed by atoms with Crippen molar-refractivity contribution in [1.82, 2.24) is 5.32 Å². The van der Waals surface area contributed by atoms with E-state index >= 15 is 0 Å². The van der Waals surface area contributed by atoms with Gasteiger partial charge < -0.3 is 10.1 Å². The van der Waals surface area contributed by atoms with Gasteiger partial charge in [-0.25, -0.2) is 4.39 Å². The van der Waals surface area contributed by atoms with Crippen LogP contribution in [0.4, 0.5) is 4.39 Å². The maximum atomic E-state index is 13.5. The van der Waals surface area contributed by atoms with Crippen molar-refractivity contribution < 1.29 is 9.13 Å². The second-order valence-corrected chi connectivity index (χ2v) is 4.54. The number of halogens is 1. The highest BCUT2D eigenvalue weighted by molar-refractivity contribution is 5.74. The minimum atomic E-state index is -0.257. The molecular formula is C16H18FNO. The molecule has 0 atom stereocenters. The third-order valence-electron chi connectivity index (χ3n) is 3.08. The Bertz CT molecular complexity index is 581. The van der Waals surface area contributed by atoms with E-state index in [-0.39, 0.29) is 5.82 Å². The summed E-state index contributed by atoms with van der Waals surface area (Å²) in [4.78, 5) is 0. The van der Waals surface area contributed by atoms with Crippen LogP contribution >= 0.6 is 0 Å². The molecule has 2 nitrogen and oxygen atoms in total. The summed E-state index contributed by atoms with van der Waals surface area (Å²) in [6.07, 6.45) is 0. The zero-order valence-corrected chi connectivity index (χ0v) is 11.5. The fraction of sp³-hybridized carbons (Fsp3) is 0.250. The van der Waals surface area contributed by atoms with E-state index in [1.807, 2.05) is 14.0 Å². The first-order valence-corrected chi connectivity index (χ1v) is 6.23. The molecule has 1 N–H and O–H groups in total. The van der Waals surface area contributed by atoms with Crippen LogP contribution in [0.2, 0.25) is 0 Å². The highest BCUT2D eigenvalue weighted by Crippen LogP contribution is 2.33. The lowest BCUT2D eigenvalue weighted by Gasteiger charge is -2.14. The maximum Gasteiger partial charge on any atom is 0.126 e. The molecule has 19 heavy (non-hydrogen) atoms. The third-order valence-corrected chi connectivity index (χ3v) is 3.08. The highest BCUT2D eigenvalue weighted by atomic mass is 19.1. The molecule has 0 radical (unpaired) electrons. The van der Waals surface area contributed by atoms with Crippen LogP contribution in [0.5, 0.6) is 5.75 Å². The first-order chi connectivity index (χ1) is 9.15. The van der Waals surface area contributed by atoms with E-state index in [1.165, 1.54) is 12.1 Å². The maximum absolute atomic E-state index is 13.5. The SMILES string of the molecule is CNCc1ccc(C)cc1-c1cc(F)ccc1OC. The summed E-state index contributed by atoms with van der Waals surface area (Å²) in [5, 5.41) is 3.13. The summed E-state index contributed by atoms with van der Waals surface area (Å²) >= 11 is 0. The molecule has 0 spiro atoms. The predicted octanol–water partition coefficient (Wildman–Crippen LogP) is 3.53. The average Bonchev–Trinajstić information content (AvgIpc) is 2.41. The predicted molar refractivity (Wildman–Crippen MR) is 75.9 cm³/mol. The summed E-state index contributed by atoms with van der Waals surface area (Å²) in [7, 11) is 3.50. The van der Waals surface area contributed by atoms with Crippen LogP contribution in [0.25, 0.3) is 11.1 Å². The van der Waals surface area contributed by atoms with Crippen LogP contribution in [0.3, 0.4) is 0 Å². The topological polar surface area (TPSA) is 21.3 Å². The average molecular weight is 259 g/mol. The molecule has 0 aliphatic carbocycles. The third kappa shape index (κ3) is 2.93. The number of methoxy groups -OCH3 is 1. The number of benzene rings is 2. The quantitative estimate of drug-likeness (QED) is 0.907. The van der Waals surface area contributed by atoms with Gasteiger partial charge in [0, 0.05) is 12.1 Å². The van der Waals surface area contributed by atoms with E-state index in [1.54, 1.807) is 13.2 Å². The molecule has 0 fully saturated rings. The van der Waals surface area contributed by atoms with Crippen LogP contribution in [-0.2, 0) is 6.54 Å². The molecule has 0 aliphatic rings. The van der Waals surface area contributed by atoms with Crippen molar-refractivity contribution in [3.63, 3.8) is 0 Å². The summed E-state index contributed by atoms with van der Waals surface area (Å²) in [6.45, 7) is 2.76. The van der Waals surface area contributed by atoms with E-state index < -0.39 is 0 Å². The molecule has 0 bridgehead atoms. The Morgan fingerprint density at radius 3 is 2.58 bits per heavy atom.